The first-order valence-corrected chi connectivity index (χ1v) is 10.6. The Kier molecular flexibility index (Phi) is 4.97. The summed E-state index contributed by atoms with van der Waals surface area (Å²) in [5.41, 5.74) is 0.734. The maximum Gasteiger partial charge on any atom is 0.247 e. The van der Waals surface area contributed by atoms with E-state index < -0.39 is 9.84 Å². The van der Waals surface area contributed by atoms with Gasteiger partial charge in [-0.3, -0.25) is 4.79 Å². The van der Waals surface area contributed by atoms with Crippen LogP contribution in [0.1, 0.15) is 13.3 Å². The average Bonchev–Trinajstić information content (AvgIpc) is 3.04. The summed E-state index contributed by atoms with van der Waals surface area (Å²) in [7, 11) is 0.000923. The largest absolute Gasteiger partial charge is 0.493 e. The van der Waals surface area contributed by atoms with E-state index in [-0.39, 0.29) is 28.7 Å². The lowest BCUT2D eigenvalue weighted by atomic mass is 10.2. The summed E-state index contributed by atoms with van der Waals surface area (Å²) in [6.45, 7) is 1.75. The van der Waals surface area contributed by atoms with Gasteiger partial charge in [0.25, 0.3) is 0 Å². The van der Waals surface area contributed by atoms with Crippen LogP contribution in [-0.4, -0.2) is 56.5 Å². The molecule has 2 fully saturated rings. The van der Waals surface area contributed by atoms with Crippen LogP contribution >= 0.6 is 11.8 Å². The molecule has 2 atom stereocenters. The second kappa shape index (κ2) is 6.87. The van der Waals surface area contributed by atoms with Gasteiger partial charge >= 0.3 is 0 Å². The summed E-state index contributed by atoms with van der Waals surface area (Å²) in [5, 5.41) is 0.422. The fourth-order valence-electron chi connectivity index (χ4n) is 3.03. The molecule has 2 heterocycles. The number of ether oxygens (including phenoxy) is 2. The summed E-state index contributed by atoms with van der Waals surface area (Å²) in [5.74, 6) is 1.05. The third-order valence-corrected chi connectivity index (χ3v) is 7.44. The number of hydrogen-bond donors (Lipinski definition) is 0. The Balaban J connectivity index is 2.04. The molecule has 0 N–H and O–H groups in total. The molecule has 2 saturated heterocycles. The van der Waals surface area contributed by atoms with Crippen LogP contribution in [0.2, 0.25) is 0 Å². The molecule has 0 aromatic heterocycles. The lowest BCUT2D eigenvalue weighted by Crippen LogP contribution is -2.37. The molecular formula is C16H20N2O5S2. The first-order valence-electron chi connectivity index (χ1n) is 7.88. The van der Waals surface area contributed by atoms with Crippen LogP contribution < -0.4 is 14.4 Å². The Morgan fingerprint density at radius 2 is 2.00 bits per heavy atom. The Labute approximate surface area is 151 Å². The standard InChI is InChI=1S/C16H20N2O5S2/c1-4-15(19)17-16-18(11-8-25(20,21)9-14(11)24-16)10-5-6-12(22-2)13(7-10)23-3/h5-7,11,14H,4,8-9H2,1-3H3. The third kappa shape index (κ3) is 3.48. The van der Waals surface area contributed by atoms with Gasteiger partial charge in [-0.2, -0.15) is 4.99 Å². The van der Waals surface area contributed by atoms with Crippen molar-refractivity contribution < 1.29 is 22.7 Å². The number of benzene rings is 1. The summed E-state index contributed by atoms with van der Waals surface area (Å²) < 4.78 is 34.7. The smallest absolute Gasteiger partial charge is 0.247 e. The van der Waals surface area contributed by atoms with Crippen molar-refractivity contribution in [1.82, 2.24) is 0 Å². The Morgan fingerprint density at radius 1 is 1.28 bits per heavy atom. The minimum atomic E-state index is -3.09. The van der Waals surface area contributed by atoms with Crippen molar-refractivity contribution in [3.63, 3.8) is 0 Å². The number of hydrogen-bond acceptors (Lipinski definition) is 6. The maximum absolute atomic E-state index is 12.0. The molecule has 9 heteroatoms. The number of rotatable bonds is 4. The highest BCUT2D eigenvalue weighted by atomic mass is 32.2. The number of nitrogens with zero attached hydrogens (tertiary/aromatic N) is 2. The van der Waals surface area contributed by atoms with E-state index in [2.05, 4.69) is 4.99 Å². The van der Waals surface area contributed by atoms with Crippen LogP contribution in [0.3, 0.4) is 0 Å². The summed E-state index contributed by atoms with van der Waals surface area (Å²) >= 11 is 1.36. The average molecular weight is 384 g/mol. The third-order valence-electron chi connectivity index (χ3n) is 4.23. The fourth-order valence-corrected chi connectivity index (χ4v) is 6.96. The van der Waals surface area contributed by atoms with Crippen molar-refractivity contribution in [2.75, 3.05) is 30.6 Å². The molecule has 1 aromatic rings. The molecule has 1 aromatic carbocycles. The molecule has 2 aliphatic heterocycles. The number of carbonyl (C=O) groups excluding carboxylic acids is 1. The lowest BCUT2D eigenvalue weighted by molar-refractivity contribution is -0.117. The van der Waals surface area contributed by atoms with Crippen LogP contribution in [0, 0.1) is 0 Å². The predicted molar refractivity (Wildman–Crippen MR) is 98.6 cm³/mol. The molecule has 7 nitrogen and oxygen atoms in total. The van der Waals surface area contributed by atoms with Gasteiger partial charge in [0.05, 0.1) is 31.8 Å². The normalized spacial score (nSPS) is 25.9. The van der Waals surface area contributed by atoms with E-state index in [1.54, 1.807) is 33.3 Å². The molecule has 3 rings (SSSR count). The van der Waals surface area contributed by atoms with E-state index in [0.29, 0.717) is 23.1 Å². The highest BCUT2D eigenvalue weighted by molar-refractivity contribution is 8.16. The van der Waals surface area contributed by atoms with Gasteiger partial charge in [0.2, 0.25) is 5.91 Å². The quantitative estimate of drug-likeness (QED) is 0.781. The molecule has 0 saturated carbocycles. The summed E-state index contributed by atoms with van der Waals surface area (Å²) in [6.07, 6.45) is 0.303. The van der Waals surface area contributed by atoms with Crippen molar-refractivity contribution in [2.45, 2.75) is 24.6 Å². The van der Waals surface area contributed by atoms with Crippen molar-refractivity contribution in [3.8, 4) is 11.5 Å². The van der Waals surface area contributed by atoms with Crippen LogP contribution in [0.5, 0.6) is 11.5 Å². The maximum atomic E-state index is 12.0. The van der Waals surface area contributed by atoms with Crippen molar-refractivity contribution in [3.05, 3.63) is 18.2 Å². The molecule has 0 aliphatic carbocycles. The SMILES string of the molecule is CCC(=O)N=C1SC2CS(=O)(=O)CC2N1c1ccc(OC)c(OC)c1. The minimum Gasteiger partial charge on any atom is -0.493 e. The number of aliphatic imine (C=N–C) groups is 1. The second-order valence-electron chi connectivity index (χ2n) is 5.85. The van der Waals surface area contributed by atoms with Gasteiger partial charge in [-0.15, -0.1) is 0 Å². The fraction of sp³-hybridized carbons (Fsp3) is 0.500. The number of sulfone groups is 1. The molecule has 2 aliphatic rings. The van der Waals surface area contributed by atoms with Crippen LogP contribution in [0.4, 0.5) is 5.69 Å². The number of methoxy groups -OCH3 is 2. The zero-order valence-electron chi connectivity index (χ0n) is 14.3. The zero-order chi connectivity index (χ0) is 18.2. The van der Waals surface area contributed by atoms with Gasteiger partial charge in [-0.25, -0.2) is 8.42 Å². The van der Waals surface area contributed by atoms with E-state index >= 15 is 0 Å². The monoisotopic (exact) mass is 384 g/mol. The number of amides is 1. The molecule has 2 unspecified atom stereocenters. The van der Waals surface area contributed by atoms with Gasteiger partial charge in [-0.05, 0) is 12.1 Å². The van der Waals surface area contributed by atoms with E-state index in [4.69, 9.17) is 9.47 Å². The van der Waals surface area contributed by atoms with Gasteiger partial charge in [0.15, 0.2) is 26.5 Å². The predicted octanol–water partition coefficient (Wildman–Crippen LogP) is 1.72. The Hall–Kier alpha value is -1.74. The number of thioether (sulfide) groups is 1. The molecular weight excluding hydrogens is 364 g/mol. The number of fused-ring (bicyclic) bond motifs is 1. The molecule has 25 heavy (non-hydrogen) atoms. The van der Waals surface area contributed by atoms with Crippen LogP contribution in [0.15, 0.2) is 23.2 Å². The number of amidine groups is 1. The summed E-state index contributed by atoms with van der Waals surface area (Å²) in [6, 6.07) is 5.12. The van der Waals surface area contributed by atoms with E-state index in [1.165, 1.54) is 11.8 Å². The second-order valence-corrected chi connectivity index (χ2v) is 9.21. The van der Waals surface area contributed by atoms with E-state index in [9.17, 15) is 13.2 Å². The summed E-state index contributed by atoms with van der Waals surface area (Å²) in [4.78, 5) is 17.8. The molecule has 136 valence electrons. The zero-order valence-corrected chi connectivity index (χ0v) is 15.9. The van der Waals surface area contributed by atoms with E-state index in [0.717, 1.165) is 5.69 Å². The van der Waals surface area contributed by atoms with Crippen LogP contribution in [-0.2, 0) is 14.6 Å². The lowest BCUT2D eigenvalue weighted by Gasteiger charge is -2.25. The Morgan fingerprint density at radius 3 is 2.64 bits per heavy atom. The molecule has 0 radical (unpaired) electrons. The Bertz CT molecular complexity index is 822. The molecule has 0 bridgehead atoms. The van der Waals surface area contributed by atoms with Gasteiger partial charge in [0.1, 0.15) is 0 Å². The highest BCUT2D eigenvalue weighted by Gasteiger charge is 2.49. The van der Waals surface area contributed by atoms with E-state index in [1.807, 2.05) is 11.0 Å². The topological polar surface area (TPSA) is 85.3 Å². The number of carbonyl (C=O) groups is 1. The van der Waals surface area contributed by atoms with Crippen LogP contribution in [0.25, 0.3) is 0 Å². The van der Waals surface area contributed by atoms with Gasteiger partial charge < -0.3 is 14.4 Å². The number of anilines is 1. The molecule has 1 amide bonds. The highest BCUT2D eigenvalue weighted by Crippen LogP contribution is 2.43. The van der Waals surface area contributed by atoms with Crippen molar-refractivity contribution in [1.29, 1.82) is 0 Å². The van der Waals surface area contributed by atoms with Gasteiger partial charge in [-0.1, -0.05) is 18.7 Å². The van der Waals surface area contributed by atoms with Crippen molar-refractivity contribution >= 4 is 38.4 Å². The first kappa shape index (κ1) is 18.1. The molecule has 0 spiro atoms. The van der Waals surface area contributed by atoms with Crippen molar-refractivity contribution in [2.24, 2.45) is 4.99 Å². The first-order chi connectivity index (χ1) is 11.9. The van der Waals surface area contributed by atoms with Gasteiger partial charge in [0, 0.05) is 23.4 Å². The minimum absolute atomic E-state index is 0.0539.